The van der Waals surface area contributed by atoms with E-state index in [0.717, 1.165) is 12.3 Å². The molecule has 106 valence electrons. The molecule has 0 aliphatic heterocycles. The molecule has 1 heterocycles. The molecule has 0 aromatic carbocycles. The molecule has 0 fully saturated rings. The van der Waals surface area contributed by atoms with Gasteiger partial charge in [-0.1, -0.05) is 4.40 Å². The van der Waals surface area contributed by atoms with Gasteiger partial charge >= 0.3 is 6.18 Å². The van der Waals surface area contributed by atoms with Crippen LogP contribution in [-0.2, 0) is 17.5 Å². The van der Waals surface area contributed by atoms with Crippen molar-refractivity contribution in [3.63, 3.8) is 0 Å². The summed E-state index contributed by atoms with van der Waals surface area (Å²) in [4.78, 5) is 3.27. The van der Waals surface area contributed by atoms with E-state index in [-0.39, 0.29) is 5.56 Å². The van der Waals surface area contributed by atoms with E-state index in [0.29, 0.717) is 5.71 Å². The van der Waals surface area contributed by atoms with Crippen molar-refractivity contribution in [3.8, 4) is 0 Å². The van der Waals surface area contributed by atoms with E-state index in [2.05, 4.69) is 9.38 Å². The number of aromatic nitrogens is 1. The Morgan fingerprint density at radius 2 is 1.89 bits per heavy atom. The molecule has 0 saturated carbocycles. The molecule has 3 nitrogen and oxygen atoms in total. The predicted molar refractivity (Wildman–Crippen MR) is 69.3 cm³/mol. The highest BCUT2D eigenvalue weighted by Gasteiger charge is 2.33. The Balaban J connectivity index is 3.07. The zero-order valence-corrected chi connectivity index (χ0v) is 11.9. The predicted octanol–water partition coefficient (Wildman–Crippen LogP) is 3.37. The molecule has 1 aromatic rings. The van der Waals surface area contributed by atoms with Gasteiger partial charge in [0.1, 0.15) is 21.8 Å². The first-order valence-corrected chi connectivity index (χ1v) is 6.63. The van der Waals surface area contributed by atoms with Crippen LogP contribution in [0.1, 0.15) is 39.0 Å². The smallest absolute Gasteiger partial charge is 0.433 e. The SMILES string of the molecule is CC(=N[S+]([O-])C(C)(C)C)c1ccnc(C(F)(F)F)c1. The molecule has 1 rings (SSSR count). The van der Waals surface area contributed by atoms with Crippen molar-refractivity contribution in [2.24, 2.45) is 4.40 Å². The minimum Gasteiger partial charge on any atom is -0.591 e. The molecule has 7 heteroatoms. The lowest BCUT2D eigenvalue weighted by molar-refractivity contribution is -0.141. The fourth-order valence-electron chi connectivity index (χ4n) is 1.12. The van der Waals surface area contributed by atoms with E-state index in [1.165, 1.54) is 13.0 Å². The summed E-state index contributed by atoms with van der Waals surface area (Å²) in [7, 11) is 0. The minimum atomic E-state index is -4.50. The van der Waals surface area contributed by atoms with Crippen molar-refractivity contribution in [1.29, 1.82) is 0 Å². The molecule has 0 amide bonds. The summed E-state index contributed by atoms with van der Waals surface area (Å²) in [5, 5.41) is 0. The second-order valence-electron chi connectivity index (χ2n) is 4.97. The summed E-state index contributed by atoms with van der Waals surface area (Å²) in [5.74, 6) is 0. The molecule has 0 N–H and O–H groups in total. The van der Waals surface area contributed by atoms with Crippen LogP contribution in [0.15, 0.2) is 22.7 Å². The fraction of sp³-hybridized carbons (Fsp3) is 0.500. The normalized spacial score (nSPS) is 15.5. The van der Waals surface area contributed by atoms with Crippen LogP contribution in [0.4, 0.5) is 13.2 Å². The number of pyridine rings is 1. The largest absolute Gasteiger partial charge is 0.591 e. The summed E-state index contributed by atoms with van der Waals surface area (Å²) in [5.41, 5.74) is -0.429. The molecule has 19 heavy (non-hydrogen) atoms. The topological polar surface area (TPSA) is 48.3 Å². The Bertz CT molecular complexity index is 481. The van der Waals surface area contributed by atoms with Gasteiger partial charge < -0.3 is 4.55 Å². The molecule has 0 aliphatic rings. The Morgan fingerprint density at radius 1 is 1.32 bits per heavy atom. The maximum Gasteiger partial charge on any atom is 0.433 e. The van der Waals surface area contributed by atoms with E-state index in [1.807, 2.05) is 0 Å². The number of alkyl halides is 3. The minimum absolute atomic E-state index is 0.264. The standard InChI is InChI=1S/C12H15F3N2OS/c1-8(17-19(18)11(2,3)4)9-5-6-16-10(7-9)12(13,14)15/h5-7H,1-4H3. The number of halogens is 3. The number of nitrogens with zero attached hydrogens (tertiary/aromatic N) is 2. The van der Waals surface area contributed by atoms with Crippen molar-refractivity contribution < 1.29 is 17.7 Å². The van der Waals surface area contributed by atoms with Crippen molar-refractivity contribution in [2.75, 3.05) is 0 Å². The summed E-state index contributed by atoms with van der Waals surface area (Å²) in [6.07, 6.45) is -3.43. The molecule has 1 unspecified atom stereocenters. The lowest BCUT2D eigenvalue weighted by Crippen LogP contribution is -2.26. The van der Waals surface area contributed by atoms with Crippen molar-refractivity contribution in [3.05, 3.63) is 29.6 Å². The van der Waals surface area contributed by atoms with E-state index in [9.17, 15) is 17.7 Å². The first kappa shape index (κ1) is 16.0. The van der Waals surface area contributed by atoms with Crippen LogP contribution < -0.4 is 0 Å². The van der Waals surface area contributed by atoms with Gasteiger partial charge in [0.15, 0.2) is 0 Å². The maximum atomic E-state index is 12.5. The van der Waals surface area contributed by atoms with Crippen LogP contribution >= 0.6 is 0 Å². The summed E-state index contributed by atoms with van der Waals surface area (Å²) in [6.45, 7) is 6.76. The molecule has 0 spiro atoms. The van der Waals surface area contributed by atoms with E-state index >= 15 is 0 Å². The lowest BCUT2D eigenvalue weighted by Gasteiger charge is -2.18. The Labute approximate surface area is 113 Å². The third-order valence-electron chi connectivity index (χ3n) is 2.21. The second kappa shape index (κ2) is 5.50. The quantitative estimate of drug-likeness (QED) is 0.620. The average Bonchev–Trinajstić information content (AvgIpc) is 2.26. The van der Waals surface area contributed by atoms with Crippen LogP contribution in [0.2, 0.25) is 0 Å². The monoisotopic (exact) mass is 292 g/mol. The molecular formula is C12H15F3N2OS. The fourth-order valence-corrected chi connectivity index (χ4v) is 1.75. The lowest BCUT2D eigenvalue weighted by atomic mass is 10.1. The first-order chi connectivity index (χ1) is 8.51. The molecular weight excluding hydrogens is 277 g/mol. The van der Waals surface area contributed by atoms with Crippen LogP contribution in [0, 0.1) is 0 Å². The van der Waals surface area contributed by atoms with E-state index in [4.69, 9.17) is 0 Å². The Morgan fingerprint density at radius 3 is 2.37 bits per heavy atom. The number of rotatable bonds is 2. The molecule has 0 bridgehead atoms. The van der Waals surface area contributed by atoms with Gasteiger partial charge in [-0.15, -0.1) is 0 Å². The zero-order chi connectivity index (χ0) is 14.8. The van der Waals surface area contributed by atoms with E-state index < -0.39 is 28.0 Å². The van der Waals surface area contributed by atoms with Crippen molar-refractivity contribution in [1.82, 2.24) is 4.98 Å². The number of hydrogen-bond acceptors (Lipinski definition) is 3. The van der Waals surface area contributed by atoms with E-state index in [1.54, 1.807) is 20.8 Å². The van der Waals surface area contributed by atoms with Crippen LogP contribution in [0.3, 0.4) is 0 Å². The van der Waals surface area contributed by atoms with Crippen LogP contribution in [0.5, 0.6) is 0 Å². The van der Waals surface area contributed by atoms with Crippen molar-refractivity contribution in [2.45, 2.75) is 38.6 Å². The summed E-state index contributed by atoms with van der Waals surface area (Å²) in [6, 6.07) is 2.31. The van der Waals surface area contributed by atoms with Gasteiger partial charge in [0, 0.05) is 11.8 Å². The second-order valence-corrected chi connectivity index (χ2v) is 6.87. The van der Waals surface area contributed by atoms with Crippen LogP contribution in [-0.4, -0.2) is 20.0 Å². The Hall–Kier alpha value is -1.08. The van der Waals surface area contributed by atoms with Gasteiger partial charge in [-0.3, -0.25) is 4.98 Å². The maximum absolute atomic E-state index is 12.5. The Kier molecular flexibility index (Phi) is 4.63. The highest BCUT2D eigenvalue weighted by Crippen LogP contribution is 2.28. The van der Waals surface area contributed by atoms with Crippen LogP contribution in [0.25, 0.3) is 0 Å². The van der Waals surface area contributed by atoms with Gasteiger partial charge in [0.25, 0.3) is 0 Å². The highest BCUT2D eigenvalue weighted by molar-refractivity contribution is 7.91. The van der Waals surface area contributed by atoms with Gasteiger partial charge in [-0.25, -0.2) is 0 Å². The molecule has 0 aliphatic carbocycles. The molecule has 1 atom stereocenters. The summed E-state index contributed by atoms with van der Waals surface area (Å²) >= 11 is -1.51. The summed E-state index contributed by atoms with van der Waals surface area (Å²) < 4.78 is 52.8. The van der Waals surface area contributed by atoms with Crippen molar-refractivity contribution >= 4 is 17.1 Å². The third kappa shape index (κ3) is 4.50. The molecule has 1 aromatic heterocycles. The van der Waals surface area contributed by atoms with Gasteiger partial charge in [-0.2, -0.15) is 13.2 Å². The number of hydrogen-bond donors (Lipinski definition) is 0. The third-order valence-corrected chi connectivity index (χ3v) is 3.70. The van der Waals surface area contributed by atoms with Gasteiger partial charge in [-0.05, 0) is 39.8 Å². The average molecular weight is 292 g/mol. The highest BCUT2D eigenvalue weighted by atomic mass is 32.2. The first-order valence-electron chi connectivity index (χ1n) is 5.53. The van der Waals surface area contributed by atoms with Gasteiger partial charge in [0.2, 0.25) is 0 Å². The molecule has 0 saturated heterocycles. The zero-order valence-electron chi connectivity index (χ0n) is 11.1. The molecule has 0 radical (unpaired) electrons. The van der Waals surface area contributed by atoms with Gasteiger partial charge in [0.05, 0.1) is 5.71 Å².